The minimum absolute atomic E-state index is 0.0855. The van der Waals surface area contributed by atoms with Gasteiger partial charge in [-0.05, 0) is 47.0 Å². The molecule has 0 N–H and O–H groups in total. The average molecular weight is 366 g/mol. The smallest absolute Gasteiger partial charge is 0.237 e. The third-order valence-corrected chi connectivity index (χ3v) is 19.7. The lowest BCUT2D eigenvalue weighted by Crippen LogP contribution is -2.59. The standard InChI is InChI=1S/C16H37FNOPSi2/c1-15(2)12-11-13-16(3,4)18(15)19-20(17)14(21(5,6)7)22(8,9)10/h14H,11-13H2,1-10H3. The Morgan fingerprint density at radius 2 is 1.27 bits per heavy atom. The molecule has 1 saturated heterocycles. The Bertz CT molecular complexity index is 361. The molecule has 0 aromatic carbocycles. The summed E-state index contributed by atoms with van der Waals surface area (Å²) >= 11 is 0. The molecule has 1 heterocycles. The van der Waals surface area contributed by atoms with Crippen LogP contribution in [0.1, 0.15) is 47.0 Å². The van der Waals surface area contributed by atoms with Crippen molar-refractivity contribution in [3.05, 3.63) is 0 Å². The van der Waals surface area contributed by atoms with Crippen LogP contribution in [0, 0.1) is 0 Å². The first-order chi connectivity index (χ1) is 9.59. The highest BCUT2D eigenvalue weighted by Crippen LogP contribution is 2.55. The minimum Gasteiger partial charge on any atom is -0.241 e. The molecule has 0 spiro atoms. The van der Waals surface area contributed by atoms with Gasteiger partial charge < -0.3 is 0 Å². The molecule has 1 unspecified atom stereocenters. The van der Waals surface area contributed by atoms with Gasteiger partial charge in [-0.2, -0.15) is 9.26 Å². The van der Waals surface area contributed by atoms with Crippen molar-refractivity contribution in [3.63, 3.8) is 0 Å². The Labute approximate surface area is 141 Å². The van der Waals surface area contributed by atoms with Gasteiger partial charge in [-0.3, -0.25) is 0 Å². The van der Waals surface area contributed by atoms with Gasteiger partial charge in [0.2, 0.25) is 8.46 Å². The molecular formula is C16H37FNOPSi2. The van der Waals surface area contributed by atoms with Crippen molar-refractivity contribution in [3.8, 4) is 0 Å². The molecule has 0 bridgehead atoms. The van der Waals surface area contributed by atoms with Crippen molar-refractivity contribution in [1.82, 2.24) is 5.06 Å². The first-order valence-corrected chi connectivity index (χ1v) is 16.9. The fourth-order valence-corrected chi connectivity index (χ4v) is 20.5. The van der Waals surface area contributed by atoms with Gasteiger partial charge in [-0.15, -0.1) is 0 Å². The van der Waals surface area contributed by atoms with Gasteiger partial charge in [0.05, 0.1) is 16.1 Å². The molecule has 1 rings (SSSR count). The summed E-state index contributed by atoms with van der Waals surface area (Å²) in [5.41, 5.74) is -0.171. The highest BCUT2D eigenvalue weighted by Gasteiger charge is 2.49. The summed E-state index contributed by atoms with van der Waals surface area (Å²) in [6, 6.07) is 0. The summed E-state index contributed by atoms with van der Waals surface area (Å²) in [4.78, 5) is 0.170. The van der Waals surface area contributed by atoms with Crippen LogP contribution in [0.5, 0.6) is 0 Å². The van der Waals surface area contributed by atoms with Crippen molar-refractivity contribution in [2.45, 2.75) is 102 Å². The molecular weight excluding hydrogens is 328 g/mol. The Morgan fingerprint density at radius 3 is 1.59 bits per heavy atom. The number of hydroxylamine groups is 2. The van der Waals surface area contributed by atoms with Gasteiger partial charge in [0.25, 0.3) is 0 Å². The Kier molecular flexibility index (Phi) is 6.18. The maximum absolute atomic E-state index is 15.4. The van der Waals surface area contributed by atoms with Crippen LogP contribution in [0.4, 0.5) is 4.20 Å². The topological polar surface area (TPSA) is 12.5 Å². The fourth-order valence-electron chi connectivity index (χ4n) is 4.23. The van der Waals surface area contributed by atoms with Gasteiger partial charge in [0, 0.05) is 16.0 Å². The summed E-state index contributed by atoms with van der Waals surface area (Å²) in [6.07, 6.45) is 3.34. The maximum atomic E-state index is 15.4. The second-order valence-electron chi connectivity index (χ2n) is 10.3. The lowest BCUT2D eigenvalue weighted by atomic mass is 9.82. The van der Waals surface area contributed by atoms with E-state index in [0.717, 1.165) is 12.8 Å². The molecule has 1 aliphatic heterocycles. The van der Waals surface area contributed by atoms with Crippen LogP contribution < -0.4 is 0 Å². The highest BCUT2D eigenvalue weighted by atomic mass is 31.2. The zero-order valence-electron chi connectivity index (χ0n) is 16.4. The number of rotatable bonds is 5. The summed E-state index contributed by atoms with van der Waals surface area (Å²) in [7, 11) is -5.11. The molecule has 0 radical (unpaired) electrons. The number of hydrogen-bond acceptors (Lipinski definition) is 2. The first kappa shape index (κ1) is 20.8. The maximum Gasteiger partial charge on any atom is 0.237 e. The van der Waals surface area contributed by atoms with Crippen LogP contribution in [0.2, 0.25) is 39.3 Å². The first-order valence-electron chi connectivity index (χ1n) is 8.52. The third-order valence-electron chi connectivity index (χ3n) is 4.68. The molecule has 1 aliphatic rings. The molecule has 1 atom stereocenters. The van der Waals surface area contributed by atoms with Crippen molar-refractivity contribution in [1.29, 1.82) is 0 Å². The molecule has 0 saturated carbocycles. The van der Waals surface area contributed by atoms with Crippen LogP contribution in [-0.2, 0) is 4.62 Å². The normalized spacial score (nSPS) is 24.5. The average Bonchev–Trinajstić information content (AvgIpc) is 2.18. The van der Waals surface area contributed by atoms with Crippen molar-refractivity contribution in [2.24, 2.45) is 0 Å². The number of nitrogens with zero attached hydrogens (tertiary/aromatic N) is 1. The molecule has 0 amide bonds. The molecule has 0 aromatic heterocycles. The predicted octanol–water partition coefficient (Wildman–Crippen LogP) is 6.37. The molecule has 1 fully saturated rings. The quantitative estimate of drug-likeness (QED) is 0.415. The van der Waals surface area contributed by atoms with Crippen LogP contribution in [-0.4, -0.2) is 37.2 Å². The van der Waals surface area contributed by atoms with Crippen molar-refractivity contribution >= 4 is 24.6 Å². The summed E-state index contributed by atoms with van der Waals surface area (Å²) in [5, 5.41) is 2.02. The molecule has 22 heavy (non-hydrogen) atoms. The monoisotopic (exact) mass is 365 g/mol. The van der Waals surface area contributed by atoms with E-state index in [1.165, 1.54) is 6.42 Å². The molecule has 0 aromatic rings. The zero-order chi connectivity index (χ0) is 17.6. The minimum atomic E-state index is -1.91. The van der Waals surface area contributed by atoms with E-state index in [1.54, 1.807) is 0 Å². The van der Waals surface area contributed by atoms with Gasteiger partial charge in [-0.1, -0.05) is 39.3 Å². The van der Waals surface area contributed by atoms with E-state index in [1.807, 2.05) is 5.06 Å². The van der Waals surface area contributed by atoms with Crippen LogP contribution >= 0.6 is 8.46 Å². The van der Waals surface area contributed by atoms with E-state index in [0.29, 0.717) is 0 Å². The summed E-state index contributed by atoms with van der Waals surface area (Å²) in [5.74, 6) is 0. The number of hydrogen-bond donors (Lipinski definition) is 0. The predicted molar refractivity (Wildman–Crippen MR) is 103 cm³/mol. The van der Waals surface area contributed by atoms with Gasteiger partial charge >= 0.3 is 0 Å². The molecule has 132 valence electrons. The van der Waals surface area contributed by atoms with E-state index >= 15 is 4.20 Å². The fraction of sp³-hybridized carbons (Fsp3) is 1.00. The second-order valence-corrected chi connectivity index (χ2v) is 23.7. The third kappa shape index (κ3) is 4.86. The molecule has 0 aliphatic carbocycles. The van der Waals surface area contributed by atoms with Gasteiger partial charge in [0.15, 0.2) is 0 Å². The van der Waals surface area contributed by atoms with E-state index in [2.05, 4.69) is 67.0 Å². The Hall–Kier alpha value is 0.714. The largest absolute Gasteiger partial charge is 0.241 e. The number of piperidine rings is 1. The number of halogens is 1. The molecule has 2 nitrogen and oxygen atoms in total. The van der Waals surface area contributed by atoms with Crippen molar-refractivity contribution in [2.75, 3.05) is 0 Å². The summed E-state index contributed by atoms with van der Waals surface area (Å²) in [6.45, 7) is 22.5. The summed E-state index contributed by atoms with van der Waals surface area (Å²) < 4.78 is 21.5. The van der Waals surface area contributed by atoms with Crippen LogP contribution in [0.25, 0.3) is 0 Å². The van der Waals surface area contributed by atoms with E-state index in [-0.39, 0.29) is 16.0 Å². The van der Waals surface area contributed by atoms with Crippen LogP contribution in [0.3, 0.4) is 0 Å². The lowest BCUT2D eigenvalue weighted by molar-refractivity contribution is -0.214. The highest BCUT2D eigenvalue weighted by molar-refractivity contribution is 7.56. The Morgan fingerprint density at radius 1 is 0.909 bits per heavy atom. The van der Waals surface area contributed by atoms with E-state index in [9.17, 15) is 0 Å². The zero-order valence-corrected chi connectivity index (χ0v) is 19.3. The SMILES string of the molecule is CC1(C)CCCC(C)(C)N1OP(F)C([Si](C)(C)C)[Si](C)(C)C. The van der Waals surface area contributed by atoms with Gasteiger partial charge in [-0.25, -0.2) is 4.62 Å². The van der Waals surface area contributed by atoms with E-state index in [4.69, 9.17) is 4.62 Å². The Balaban J connectivity index is 3.04. The van der Waals surface area contributed by atoms with Gasteiger partial charge in [0.1, 0.15) is 0 Å². The van der Waals surface area contributed by atoms with Crippen LogP contribution in [0.15, 0.2) is 0 Å². The molecule has 6 heteroatoms. The van der Waals surface area contributed by atoms with E-state index < -0.39 is 24.6 Å². The second kappa shape index (κ2) is 6.55. The van der Waals surface area contributed by atoms with Crippen molar-refractivity contribution < 1.29 is 8.82 Å². The lowest BCUT2D eigenvalue weighted by Gasteiger charge is -2.52.